The topological polar surface area (TPSA) is 80.4 Å². The smallest absolute Gasteiger partial charge is 0.303 e. The lowest BCUT2D eigenvalue weighted by Crippen LogP contribution is -1.99. The summed E-state index contributed by atoms with van der Waals surface area (Å²) in [4.78, 5) is 26.3. The van der Waals surface area contributed by atoms with Crippen LogP contribution in [0, 0.1) is 0 Å². The van der Waals surface area contributed by atoms with Gasteiger partial charge in [-0.1, -0.05) is 6.07 Å². The van der Waals surface area contributed by atoms with Crippen molar-refractivity contribution in [1.82, 2.24) is 4.98 Å². The summed E-state index contributed by atoms with van der Waals surface area (Å²) < 4.78 is 5.72. The SMILES string of the molecule is O=C(O)CCCc1ccc2nc3ccc(=O)cc-3oc2c1. The fourth-order valence-corrected chi connectivity index (χ4v) is 2.25. The van der Waals surface area contributed by atoms with Crippen LogP contribution in [0.25, 0.3) is 22.6 Å². The summed E-state index contributed by atoms with van der Waals surface area (Å²) in [5.74, 6) is -0.339. The summed E-state index contributed by atoms with van der Waals surface area (Å²) in [6.45, 7) is 0. The highest BCUT2D eigenvalue weighted by Crippen LogP contribution is 2.24. The number of carboxylic acid groups (broad SMARTS) is 1. The third-order valence-corrected chi connectivity index (χ3v) is 3.27. The van der Waals surface area contributed by atoms with E-state index in [0.29, 0.717) is 35.4 Å². The van der Waals surface area contributed by atoms with Crippen molar-refractivity contribution < 1.29 is 14.3 Å². The summed E-state index contributed by atoms with van der Waals surface area (Å²) >= 11 is 0. The maximum Gasteiger partial charge on any atom is 0.303 e. The summed E-state index contributed by atoms with van der Waals surface area (Å²) in [6.07, 6.45) is 1.38. The average molecular weight is 283 g/mol. The highest BCUT2D eigenvalue weighted by atomic mass is 16.4. The van der Waals surface area contributed by atoms with E-state index in [2.05, 4.69) is 4.98 Å². The number of carbonyl (C=O) groups is 1. The molecule has 1 aliphatic heterocycles. The van der Waals surface area contributed by atoms with Crippen molar-refractivity contribution in [1.29, 1.82) is 0 Å². The molecule has 106 valence electrons. The maximum atomic E-state index is 11.3. The van der Waals surface area contributed by atoms with Crippen molar-refractivity contribution in [3.63, 3.8) is 0 Å². The number of aryl methyl sites for hydroxylation is 1. The Morgan fingerprint density at radius 3 is 2.86 bits per heavy atom. The van der Waals surface area contributed by atoms with Gasteiger partial charge in [0.2, 0.25) is 0 Å². The molecule has 2 aliphatic rings. The van der Waals surface area contributed by atoms with E-state index in [0.717, 1.165) is 5.56 Å². The van der Waals surface area contributed by atoms with Crippen LogP contribution in [-0.4, -0.2) is 16.1 Å². The van der Waals surface area contributed by atoms with Gasteiger partial charge in [0, 0.05) is 12.5 Å². The minimum absolute atomic E-state index is 0.120. The van der Waals surface area contributed by atoms with E-state index in [-0.39, 0.29) is 11.8 Å². The molecule has 0 atom stereocenters. The first-order valence-corrected chi connectivity index (χ1v) is 6.67. The normalized spacial score (nSPS) is 11.0. The molecule has 1 aromatic carbocycles. The van der Waals surface area contributed by atoms with Crippen molar-refractivity contribution in [2.75, 3.05) is 0 Å². The highest BCUT2D eigenvalue weighted by Gasteiger charge is 2.09. The number of hydrogen-bond acceptors (Lipinski definition) is 4. The molecule has 21 heavy (non-hydrogen) atoms. The van der Waals surface area contributed by atoms with Crippen LogP contribution in [0.4, 0.5) is 0 Å². The second kappa shape index (κ2) is 5.36. The molecule has 0 spiro atoms. The number of fused-ring (bicyclic) bond motifs is 2. The predicted molar refractivity (Wildman–Crippen MR) is 77.5 cm³/mol. The Balaban J connectivity index is 1.97. The molecule has 1 aromatic rings. The zero-order valence-corrected chi connectivity index (χ0v) is 11.2. The Hall–Kier alpha value is -2.69. The Bertz CT molecular complexity index is 837. The standard InChI is InChI=1S/C16H13NO4/c18-11-5-7-13-15(9-11)21-14-8-10(2-1-3-16(19)20)4-6-12(14)17-13/h4-9H,1-3H2,(H,19,20). The highest BCUT2D eigenvalue weighted by molar-refractivity contribution is 5.76. The van der Waals surface area contributed by atoms with E-state index < -0.39 is 5.97 Å². The molecule has 3 rings (SSSR count). The molecule has 0 saturated heterocycles. The van der Waals surface area contributed by atoms with Gasteiger partial charge >= 0.3 is 5.97 Å². The van der Waals surface area contributed by atoms with E-state index in [9.17, 15) is 9.59 Å². The maximum absolute atomic E-state index is 11.3. The first kappa shape index (κ1) is 13.3. The quantitative estimate of drug-likeness (QED) is 0.744. The van der Waals surface area contributed by atoms with Crippen LogP contribution in [0.2, 0.25) is 0 Å². The first-order valence-electron chi connectivity index (χ1n) is 6.67. The average Bonchev–Trinajstić information content (AvgIpc) is 2.44. The molecule has 0 bridgehead atoms. The zero-order valence-electron chi connectivity index (χ0n) is 11.2. The molecular formula is C16H13NO4. The number of rotatable bonds is 4. The minimum atomic E-state index is -0.795. The lowest BCUT2D eigenvalue weighted by molar-refractivity contribution is -0.137. The van der Waals surface area contributed by atoms with Gasteiger partial charge in [-0.15, -0.1) is 0 Å². The van der Waals surface area contributed by atoms with E-state index in [1.807, 2.05) is 18.2 Å². The minimum Gasteiger partial charge on any atom is -0.481 e. The molecule has 0 saturated carbocycles. The lowest BCUT2D eigenvalue weighted by Gasteiger charge is -2.07. The number of aliphatic carboxylic acids is 1. The Morgan fingerprint density at radius 2 is 2.05 bits per heavy atom. The van der Waals surface area contributed by atoms with Crippen LogP contribution in [0.1, 0.15) is 18.4 Å². The Morgan fingerprint density at radius 1 is 1.19 bits per heavy atom. The third-order valence-electron chi connectivity index (χ3n) is 3.27. The molecule has 5 heteroatoms. The molecule has 0 aromatic heterocycles. The van der Waals surface area contributed by atoms with Gasteiger partial charge in [-0.2, -0.15) is 0 Å². The number of aromatic nitrogens is 1. The molecule has 0 amide bonds. The first-order chi connectivity index (χ1) is 10.1. The molecular weight excluding hydrogens is 270 g/mol. The van der Waals surface area contributed by atoms with Crippen LogP contribution in [0.3, 0.4) is 0 Å². The monoisotopic (exact) mass is 283 g/mol. The molecule has 0 fully saturated rings. The molecule has 0 radical (unpaired) electrons. The van der Waals surface area contributed by atoms with Crippen molar-refractivity contribution in [3.8, 4) is 11.5 Å². The van der Waals surface area contributed by atoms with Gasteiger partial charge in [0.05, 0.1) is 0 Å². The second-order valence-electron chi connectivity index (χ2n) is 4.89. The van der Waals surface area contributed by atoms with Gasteiger partial charge in [-0.05, 0) is 42.7 Å². The number of hydrogen-bond donors (Lipinski definition) is 1. The molecule has 1 heterocycles. The largest absolute Gasteiger partial charge is 0.481 e. The van der Waals surface area contributed by atoms with Gasteiger partial charge in [0.25, 0.3) is 0 Å². The molecule has 5 nitrogen and oxygen atoms in total. The van der Waals surface area contributed by atoms with Crippen molar-refractivity contribution in [2.45, 2.75) is 19.3 Å². The zero-order chi connectivity index (χ0) is 14.8. The van der Waals surface area contributed by atoms with Gasteiger partial charge in [0.1, 0.15) is 11.2 Å². The lowest BCUT2D eigenvalue weighted by atomic mass is 10.1. The Labute approximate surface area is 120 Å². The fraction of sp³-hybridized carbons (Fsp3) is 0.188. The third kappa shape index (κ3) is 2.91. The predicted octanol–water partition coefficient (Wildman–Crippen LogP) is 2.70. The van der Waals surface area contributed by atoms with Crippen LogP contribution in [0.15, 0.2) is 45.6 Å². The van der Waals surface area contributed by atoms with Crippen LogP contribution >= 0.6 is 0 Å². The van der Waals surface area contributed by atoms with E-state index >= 15 is 0 Å². The van der Waals surface area contributed by atoms with Crippen LogP contribution < -0.4 is 5.43 Å². The molecule has 0 unspecified atom stereocenters. The van der Waals surface area contributed by atoms with Crippen molar-refractivity contribution in [3.05, 3.63) is 52.2 Å². The van der Waals surface area contributed by atoms with Gasteiger partial charge in [0.15, 0.2) is 16.8 Å². The van der Waals surface area contributed by atoms with Gasteiger partial charge in [-0.25, -0.2) is 4.98 Å². The van der Waals surface area contributed by atoms with E-state index in [1.165, 1.54) is 12.1 Å². The van der Waals surface area contributed by atoms with Gasteiger partial charge in [-0.3, -0.25) is 9.59 Å². The molecule has 1 aliphatic carbocycles. The summed E-state index contributed by atoms with van der Waals surface area (Å²) in [7, 11) is 0. The molecule has 1 N–H and O–H groups in total. The number of carboxylic acids is 1. The summed E-state index contributed by atoms with van der Waals surface area (Å²) in [6, 6.07) is 10.1. The van der Waals surface area contributed by atoms with Crippen molar-refractivity contribution >= 4 is 17.1 Å². The summed E-state index contributed by atoms with van der Waals surface area (Å²) in [5, 5.41) is 8.65. The van der Waals surface area contributed by atoms with Crippen LogP contribution in [-0.2, 0) is 11.2 Å². The van der Waals surface area contributed by atoms with Crippen LogP contribution in [0.5, 0.6) is 0 Å². The number of nitrogens with zero attached hydrogens (tertiary/aromatic N) is 1. The van der Waals surface area contributed by atoms with E-state index in [1.54, 1.807) is 6.07 Å². The van der Waals surface area contributed by atoms with E-state index in [4.69, 9.17) is 9.52 Å². The van der Waals surface area contributed by atoms with Gasteiger partial charge < -0.3 is 9.52 Å². The Kier molecular flexibility index (Phi) is 3.39. The fourth-order valence-electron chi connectivity index (χ4n) is 2.25. The van der Waals surface area contributed by atoms with Crippen molar-refractivity contribution in [2.24, 2.45) is 0 Å². The second-order valence-corrected chi connectivity index (χ2v) is 4.89. The summed E-state index contributed by atoms with van der Waals surface area (Å²) in [5.41, 5.74) is 2.82. The number of benzene rings is 2.